The van der Waals surface area contributed by atoms with Crippen LogP contribution in [0.4, 0.5) is 0 Å². The van der Waals surface area contributed by atoms with E-state index in [1.165, 1.54) is 38.0 Å². The first-order valence-corrected chi connectivity index (χ1v) is 7.83. The minimum Gasteiger partial charge on any atom is -0.493 e. The molecule has 2 rings (SSSR count). The van der Waals surface area contributed by atoms with Crippen LogP contribution in [-0.2, 0) is 0 Å². The number of ether oxygens (including phenoxy) is 1. The van der Waals surface area contributed by atoms with Gasteiger partial charge >= 0.3 is 0 Å². The summed E-state index contributed by atoms with van der Waals surface area (Å²) in [4.78, 5) is 2.46. The first-order chi connectivity index (χ1) is 9.75. The molecule has 1 aromatic carbocycles. The van der Waals surface area contributed by atoms with Crippen LogP contribution in [0.5, 0.6) is 5.75 Å². The van der Waals surface area contributed by atoms with E-state index in [-0.39, 0.29) is 0 Å². The number of benzene rings is 1. The van der Waals surface area contributed by atoms with Crippen LogP contribution >= 0.6 is 0 Å². The van der Waals surface area contributed by atoms with Crippen LogP contribution in [0.3, 0.4) is 0 Å². The third kappa shape index (κ3) is 5.14. The molecule has 0 radical (unpaired) electrons. The Balaban J connectivity index is 1.59. The van der Waals surface area contributed by atoms with E-state index >= 15 is 0 Å². The molecule has 3 heteroatoms. The Bertz CT molecular complexity index is 388. The summed E-state index contributed by atoms with van der Waals surface area (Å²) in [5.41, 5.74) is 1.22. The number of para-hydroxylation sites is 1. The van der Waals surface area contributed by atoms with Gasteiger partial charge < -0.3 is 15.0 Å². The van der Waals surface area contributed by atoms with Gasteiger partial charge in [-0.05, 0) is 63.9 Å². The van der Waals surface area contributed by atoms with E-state index in [9.17, 15) is 0 Å². The second-order valence-corrected chi connectivity index (χ2v) is 5.92. The maximum atomic E-state index is 5.84. The van der Waals surface area contributed by atoms with Gasteiger partial charge in [-0.25, -0.2) is 0 Å². The standard InChI is InChI=1S/C17H28N2O/c1-15-6-3-4-7-17(15)20-13-5-12-19(2)14-16-8-10-18-11-9-16/h3-4,6-7,16,18H,5,8-14H2,1-2H3. The molecular formula is C17H28N2O. The zero-order valence-electron chi connectivity index (χ0n) is 12.9. The molecule has 1 N–H and O–H groups in total. The molecular weight excluding hydrogens is 248 g/mol. The van der Waals surface area contributed by atoms with Gasteiger partial charge in [-0.1, -0.05) is 18.2 Å². The van der Waals surface area contributed by atoms with Gasteiger partial charge in [-0.2, -0.15) is 0 Å². The average molecular weight is 276 g/mol. The largest absolute Gasteiger partial charge is 0.493 e. The molecule has 1 aromatic rings. The number of nitrogens with zero attached hydrogens (tertiary/aromatic N) is 1. The molecule has 112 valence electrons. The van der Waals surface area contributed by atoms with E-state index in [4.69, 9.17) is 4.74 Å². The number of nitrogens with one attached hydrogen (secondary N) is 1. The van der Waals surface area contributed by atoms with E-state index in [2.05, 4.69) is 36.3 Å². The molecule has 3 nitrogen and oxygen atoms in total. The number of hydrogen-bond donors (Lipinski definition) is 1. The summed E-state index contributed by atoms with van der Waals surface area (Å²) in [5, 5.41) is 3.43. The summed E-state index contributed by atoms with van der Waals surface area (Å²) < 4.78 is 5.84. The molecule has 0 aromatic heterocycles. The van der Waals surface area contributed by atoms with Crippen molar-refractivity contribution in [2.75, 3.05) is 39.8 Å². The predicted molar refractivity (Wildman–Crippen MR) is 84.4 cm³/mol. The molecule has 1 aliphatic heterocycles. The van der Waals surface area contributed by atoms with Crippen LogP contribution in [0.2, 0.25) is 0 Å². The summed E-state index contributed by atoms with van der Waals surface area (Å²) >= 11 is 0. The minimum absolute atomic E-state index is 0.807. The van der Waals surface area contributed by atoms with Gasteiger partial charge in [0.1, 0.15) is 5.75 Å². The zero-order valence-corrected chi connectivity index (χ0v) is 12.9. The van der Waals surface area contributed by atoms with Crippen LogP contribution in [0, 0.1) is 12.8 Å². The predicted octanol–water partition coefficient (Wildman–Crippen LogP) is 2.70. The summed E-state index contributed by atoms with van der Waals surface area (Å²) in [6, 6.07) is 8.23. The van der Waals surface area contributed by atoms with Crippen molar-refractivity contribution in [3.8, 4) is 5.75 Å². The Hall–Kier alpha value is -1.06. The highest BCUT2D eigenvalue weighted by atomic mass is 16.5. The number of aryl methyl sites for hydroxylation is 1. The smallest absolute Gasteiger partial charge is 0.122 e. The molecule has 20 heavy (non-hydrogen) atoms. The second kappa shape index (κ2) is 8.28. The van der Waals surface area contributed by atoms with Gasteiger partial charge in [0.05, 0.1) is 6.61 Å². The SMILES string of the molecule is Cc1ccccc1OCCCN(C)CC1CCNCC1. The van der Waals surface area contributed by atoms with Crippen LogP contribution in [0.25, 0.3) is 0 Å². The maximum absolute atomic E-state index is 5.84. The Kier molecular flexibility index (Phi) is 6.34. The van der Waals surface area contributed by atoms with Gasteiger partial charge in [-0.15, -0.1) is 0 Å². The number of piperidine rings is 1. The van der Waals surface area contributed by atoms with Gasteiger partial charge in [0, 0.05) is 13.1 Å². The highest BCUT2D eigenvalue weighted by Gasteiger charge is 2.14. The van der Waals surface area contributed by atoms with Gasteiger partial charge in [0.15, 0.2) is 0 Å². The van der Waals surface area contributed by atoms with E-state index in [0.29, 0.717) is 0 Å². The summed E-state index contributed by atoms with van der Waals surface area (Å²) in [6.45, 7) is 7.63. The van der Waals surface area contributed by atoms with Crippen molar-refractivity contribution in [1.29, 1.82) is 0 Å². The van der Waals surface area contributed by atoms with E-state index < -0.39 is 0 Å². The van der Waals surface area contributed by atoms with Crippen molar-refractivity contribution >= 4 is 0 Å². The lowest BCUT2D eigenvalue weighted by molar-refractivity contribution is 0.218. The Labute approximate surface area is 123 Å². The maximum Gasteiger partial charge on any atom is 0.122 e. The Morgan fingerprint density at radius 2 is 2.00 bits per heavy atom. The van der Waals surface area contributed by atoms with E-state index in [1.807, 2.05) is 12.1 Å². The molecule has 1 saturated heterocycles. The van der Waals surface area contributed by atoms with E-state index in [1.54, 1.807) is 0 Å². The first kappa shape index (κ1) is 15.3. The number of rotatable bonds is 7. The average Bonchev–Trinajstić information content (AvgIpc) is 2.46. The van der Waals surface area contributed by atoms with Crippen molar-refractivity contribution in [3.63, 3.8) is 0 Å². The van der Waals surface area contributed by atoms with Crippen molar-refractivity contribution in [1.82, 2.24) is 10.2 Å². The van der Waals surface area contributed by atoms with Gasteiger partial charge in [-0.3, -0.25) is 0 Å². The monoisotopic (exact) mass is 276 g/mol. The van der Waals surface area contributed by atoms with Gasteiger partial charge in [0.2, 0.25) is 0 Å². The number of hydrogen-bond acceptors (Lipinski definition) is 3. The quantitative estimate of drug-likeness (QED) is 0.775. The minimum atomic E-state index is 0.807. The molecule has 1 aliphatic rings. The van der Waals surface area contributed by atoms with Crippen LogP contribution < -0.4 is 10.1 Å². The second-order valence-electron chi connectivity index (χ2n) is 5.92. The van der Waals surface area contributed by atoms with Crippen LogP contribution in [-0.4, -0.2) is 44.7 Å². The van der Waals surface area contributed by atoms with Crippen LogP contribution in [0.15, 0.2) is 24.3 Å². The highest BCUT2D eigenvalue weighted by Crippen LogP contribution is 2.16. The molecule has 0 bridgehead atoms. The normalized spacial score (nSPS) is 16.6. The van der Waals surface area contributed by atoms with E-state index in [0.717, 1.165) is 31.2 Å². The summed E-state index contributed by atoms with van der Waals surface area (Å²) in [7, 11) is 2.23. The highest BCUT2D eigenvalue weighted by molar-refractivity contribution is 5.31. The fourth-order valence-electron chi connectivity index (χ4n) is 2.83. The summed E-state index contributed by atoms with van der Waals surface area (Å²) in [5.74, 6) is 1.90. The lowest BCUT2D eigenvalue weighted by Crippen LogP contribution is -2.35. The lowest BCUT2D eigenvalue weighted by atomic mass is 9.98. The third-order valence-electron chi connectivity index (χ3n) is 4.06. The lowest BCUT2D eigenvalue weighted by Gasteiger charge is -2.27. The Morgan fingerprint density at radius 3 is 2.75 bits per heavy atom. The topological polar surface area (TPSA) is 24.5 Å². The molecule has 0 spiro atoms. The molecule has 0 amide bonds. The molecule has 0 unspecified atom stereocenters. The van der Waals surface area contributed by atoms with Crippen molar-refractivity contribution in [2.45, 2.75) is 26.2 Å². The molecule has 0 saturated carbocycles. The first-order valence-electron chi connectivity index (χ1n) is 7.83. The third-order valence-corrected chi connectivity index (χ3v) is 4.06. The van der Waals surface area contributed by atoms with Gasteiger partial charge in [0.25, 0.3) is 0 Å². The molecule has 1 fully saturated rings. The fourth-order valence-corrected chi connectivity index (χ4v) is 2.83. The molecule has 0 atom stereocenters. The van der Waals surface area contributed by atoms with Crippen molar-refractivity contribution in [2.24, 2.45) is 5.92 Å². The zero-order chi connectivity index (χ0) is 14.2. The van der Waals surface area contributed by atoms with Crippen molar-refractivity contribution in [3.05, 3.63) is 29.8 Å². The molecule has 1 heterocycles. The molecule has 0 aliphatic carbocycles. The summed E-state index contributed by atoms with van der Waals surface area (Å²) in [6.07, 6.45) is 3.74. The van der Waals surface area contributed by atoms with Crippen LogP contribution in [0.1, 0.15) is 24.8 Å². The Morgan fingerprint density at radius 1 is 1.25 bits per heavy atom. The fraction of sp³-hybridized carbons (Fsp3) is 0.647. The van der Waals surface area contributed by atoms with Crippen molar-refractivity contribution < 1.29 is 4.74 Å².